The summed E-state index contributed by atoms with van der Waals surface area (Å²) in [7, 11) is 0. The number of guanidine groups is 1. The maximum atomic E-state index is 5.62. The van der Waals surface area contributed by atoms with Gasteiger partial charge >= 0.3 is 0 Å². The van der Waals surface area contributed by atoms with Crippen molar-refractivity contribution in [2.45, 2.75) is 69.5 Å². The summed E-state index contributed by atoms with van der Waals surface area (Å²) in [5.41, 5.74) is 2.76. The molecule has 2 heterocycles. The third-order valence-corrected chi connectivity index (χ3v) is 4.93. The summed E-state index contributed by atoms with van der Waals surface area (Å²) in [6.07, 6.45) is 10.2. The van der Waals surface area contributed by atoms with Crippen molar-refractivity contribution < 1.29 is 0 Å². The number of nitrogens with one attached hydrogen (secondary N) is 2. The van der Waals surface area contributed by atoms with Crippen molar-refractivity contribution >= 4 is 5.96 Å². The van der Waals surface area contributed by atoms with Gasteiger partial charge in [0.05, 0.1) is 6.04 Å². The highest BCUT2D eigenvalue weighted by molar-refractivity contribution is 5.79. The number of aliphatic imine (C=N–C) groups is 1. The van der Waals surface area contributed by atoms with Gasteiger partial charge in [-0.15, -0.1) is 0 Å². The van der Waals surface area contributed by atoms with Crippen molar-refractivity contribution in [1.82, 2.24) is 15.6 Å². The van der Waals surface area contributed by atoms with Gasteiger partial charge in [0.2, 0.25) is 5.96 Å². The number of hydrazine groups is 1. The smallest absolute Gasteiger partial charge is 0.206 e. The quantitative estimate of drug-likeness (QED) is 0.301. The second kappa shape index (κ2) is 6.09. The van der Waals surface area contributed by atoms with Crippen LogP contribution in [-0.2, 0) is 0 Å². The maximum Gasteiger partial charge on any atom is 0.206 e. The van der Waals surface area contributed by atoms with E-state index in [-0.39, 0.29) is 0 Å². The van der Waals surface area contributed by atoms with Crippen molar-refractivity contribution in [2.75, 3.05) is 13.1 Å². The molecule has 5 nitrogen and oxygen atoms in total. The van der Waals surface area contributed by atoms with Crippen LogP contribution in [0.15, 0.2) is 4.99 Å². The van der Waals surface area contributed by atoms with Crippen molar-refractivity contribution in [3.63, 3.8) is 0 Å². The van der Waals surface area contributed by atoms with Gasteiger partial charge in [-0.3, -0.25) is 5.43 Å². The first-order valence-corrected chi connectivity index (χ1v) is 7.90. The Morgan fingerprint density at radius 1 is 1.05 bits per heavy atom. The van der Waals surface area contributed by atoms with Gasteiger partial charge in [0.1, 0.15) is 0 Å². The number of nitrogens with zero attached hydrogens (tertiary/aromatic N) is 2. The molecule has 1 saturated carbocycles. The topological polar surface area (TPSA) is 65.7 Å². The van der Waals surface area contributed by atoms with Gasteiger partial charge in [-0.1, -0.05) is 12.8 Å². The van der Waals surface area contributed by atoms with Gasteiger partial charge in [-0.25, -0.2) is 10.8 Å². The minimum absolute atomic E-state index is 0.477. The molecule has 19 heavy (non-hydrogen) atoms. The molecule has 3 aliphatic rings. The third-order valence-electron chi connectivity index (χ3n) is 4.93. The minimum Gasteiger partial charge on any atom is -0.352 e. The molecule has 5 heteroatoms. The Labute approximate surface area is 116 Å². The molecule has 0 aromatic rings. The van der Waals surface area contributed by atoms with Crippen molar-refractivity contribution in [2.24, 2.45) is 10.8 Å². The lowest BCUT2D eigenvalue weighted by Gasteiger charge is -2.35. The lowest BCUT2D eigenvalue weighted by atomic mass is 9.98. The first kappa shape index (κ1) is 13.2. The molecule has 0 bridgehead atoms. The van der Waals surface area contributed by atoms with E-state index in [1.54, 1.807) is 0 Å². The average Bonchev–Trinajstić information content (AvgIpc) is 3.08. The number of nitrogens with two attached hydrogens (primary N) is 1. The minimum atomic E-state index is 0.477. The molecule has 0 spiro atoms. The van der Waals surface area contributed by atoms with E-state index in [1.807, 2.05) is 0 Å². The van der Waals surface area contributed by atoms with Crippen LogP contribution >= 0.6 is 0 Å². The summed E-state index contributed by atoms with van der Waals surface area (Å²) >= 11 is 0. The van der Waals surface area contributed by atoms with Crippen LogP contribution in [0.2, 0.25) is 0 Å². The molecule has 0 aromatic heterocycles. The maximum absolute atomic E-state index is 5.62. The van der Waals surface area contributed by atoms with Crippen molar-refractivity contribution in [3.05, 3.63) is 0 Å². The molecule has 3 rings (SSSR count). The van der Waals surface area contributed by atoms with Gasteiger partial charge in [0.25, 0.3) is 0 Å². The Morgan fingerprint density at radius 3 is 2.68 bits per heavy atom. The van der Waals surface area contributed by atoms with Crippen molar-refractivity contribution in [3.8, 4) is 0 Å². The summed E-state index contributed by atoms with van der Waals surface area (Å²) in [6.45, 7) is 2.53. The Kier molecular flexibility index (Phi) is 4.23. The molecule has 4 N–H and O–H groups in total. The second-order valence-electron chi connectivity index (χ2n) is 6.26. The summed E-state index contributed by atoms with van der Waals surface area (Å²) in [5.74, 6) is 6.43. The summed E-state index contributed by atoms with van der Waals surface area (Å²) < 4.78 is 0. The fourth-order valence-electron chi connectivity index (χ4n) is 3.88. The van der Waals surface area contributed by atoms with Gasteiger partial charge in [-0.05, 0) is 45.1 Å². The zero-order valence-corrected chi connectivity index (χ0v) is 11.8. The average molecular weight is 265 g/mol. The molecule has 2 saturated heterocycles. The number of rotatable bonds is 2. The van der Waals surface area contributed by atoms with E-state index in [1.165, 1.54) is 64.5 Å². The number of hydrogen-bond acceptors (Lipinski definition) is 3. The van der Waals surface area contributed by atoms with Gasteiger partial charge in [0, 0.05) is 18.6 Å². The predicted octanol–water partition coefficient (Wildman–Crippen LogP) is 0.965. The molecule has 2 aliphatic heterocycles. The summed E-state index contributed by atoms with van der Waals surface area (Å²) in [4.78, 5) is 7.37. The summed E-state index contributed by atoms with van der Waals surface area (Å²) in [5, 5.41) is 3.53. The van der Waals surface area contributed by atoms with Crippen LogP contribution in [0.25, 0.3) is 0 Å². The number of fused-ring (bicyclic) bond motifs is 1. The monoisotopic (exact) mass is 265 g/mol. The van der Waals surface area contributed by atoms with E-state index in [9.17, 15) is 0 Å². The van der Waals surface area contributed by atoms with Gasteiger partial charge in [0.15, 0.2) is 0 Å². The van der Waals surface area contributed by atoms with Crippen LogP contribution in [0.5, 0.6) is 0 Å². The van der Waals surface area contributed by atoms with Crippen molar-refractivity contribution in [1.29, 1.82) is 0 Å². The van der Waals surface area contributed by atoms with E-state index in [2.05, 4.69) is 15.6 Å². The zero-order chi connectivity index (χ0) is 13.1. The van der Waals surface area contributed by atoms with E-state index < -0.39 is 0 Å². The standard InChI is InChI=1S/C14H27N5/c15-18-14(16-11-4-1-2-5-11)17-12-7-9-19-8-3-6-13(19)10-12/h11-13H,1-10,15H2,(H2,16,17,18). The Morgan fingerprint density at radius 2 is 1.89 bits per heavy atom. The predicted molar refractivity (Wildman–Crippen MR) is 77.8 cm³/mol. The molecule has 108 valence electrons. The molecular weight excluding hydrogens is 238 g/mol. The lowest BCUT2D eigenvalue weighted by molar-refractivity contribution is 0.175. The highest BCUT2D eigenvalue weighted by atomic mass is 15.3. The van der Waals surface area contributed by atoms with Crippen LogP contribution in [0.4, 0.5) is 0 Å². The molecule has 1 aliphatic carbocycles. The first-order valence-electron chi connectivity index (χ1n) is 7.90. The Balaban J connectivity index is 1.53. The van der Waals surface area contributed by atoms with E-state index in [4.69, 9.17) is 10.8 Å². The first-order chi connectivity index (χ1) is 9.35. The van der Waals surface area contributed by atoms with Crippen LogP contribution < -0.4 is 16.6 Å². The lowest BCUT2D eigenvalue weighted by Crippen LogP contribution is -2.52. The Hall–Kier alpha value is -0.810. The molecule has 0 radical (unpaired) electrons. The van der Waals surface area contributed by atoms with Crippen LogP contribution in [0.3, 0.4) is 0 Å². The molecule has 3 fully saturated rings. The summed E-state index contributed by atoms with van der Waals surface area (Å²) in [6, 6.07) is 1.80. The highest BCUT2D eigenvalue weighted by Gasteiger charge is 2.32. The molecule has 2 atom stereocenters. The number of piperidine rings is 1. The highest BCUT2D eigenvalue weighted by Crippen LogP contribution is 2.27. The SMILES string of the molecule is NNC(=NC1CCCC1)NC1CCN2CCCC2C1. The van der Waals surface area contributed by atoms with Crippen LogP contribution in [-0.4, -0.2) is 42.1 Å². The van der Waals surface area contributed by atoms with Crippen LogP contribution in [0, 0.1) is 0 Å². The van der Waals surface area contributed by atoms with E-state index in [0.717, 1.165) is 12.0 Å². The normalized spacial score (nSPS) is 33.4. The van der Waals surface area contributed by atoms with Gasteiger partial charge < -0.3 is 10.2 Å². The second-order valence-corrected chi connectivity index (χ2v) is 6.26. The fourth-order valence-corrected chi connectivity index (χ4v) is 3.88. The fraction of sp³-hybridized carbons (Fsp3) is 0.929. The van der Waals surface area contributed by atoms with E-state index in [0.29, 0.717) is 12.1 Å². The molecule has 2 unspecified atom stereocenters. The van der Waals surface area contributed by atoms with Crippen LogP contribution in [0.1, 0.15) is 51.4 Å². The molecule has 0 amide bonds. The zero-order valence-electron chi connectivity index (χ0n) is 11.8. The Bertz CT molecular complexity index is 324. The van der Waals surface area contributed by atoms with Gasteiger partial charge in [-0.2, -0.15) is 0 Å². The number of hydrogen-bond donors (Lipinski definition) is 3. The largest absolute Gasteiger partial charge is 0.352 e. The third kappa shape index (κ3) is 3.20. The van der Waals surface area contributed by atoms with E-state index >= 15 is 0 Å². The molecular formula is C14H27N5. The molecule has 0 aromatic carbocycles.